The van der Waals surface area contributed by atoms with Gasteiger partial charge in [0.05, 0.1) is 0 Å². The van der Waals surface area contributed by atoms with E-state index in [1.165, 1.54) is 22.3 Å². The first kappa shape index (κ1) is 14.8. The summed E-state index contributed by atoms with van der Waals surface area (Å²) in [6.45, 7) is 4.47. The maximum atomic E-state index is 3.46. The molecule has 0 radical (unpaired) electrons. The van der Waals surface area contributed by atoms with Crippen molar-refractivity contribution in [1.29, 1.82) is 0 Å². The number of likely N-dealkylation sites (N-methyl/N-ethyl adjacent to an activating group) is 1. The van der Waals surface area contributed by atoms with Gasteiger partial charge in [-0.3, -0.25) is 0 Å². The Kier molecular flexibility index (Phi) is 5.37. The fraction of sp³-hybridized carbons (Fsp3) is 0.368. The molecule has 0 saturated heterocycles. The van der Waals surface area contributed by atoms with Crippen molar-refractivity contribution in [2.45, 2.75) is 39.2 Å². The number of hydrogen-bond acceptors (Lipinski definition) is 1. The molecule has 1 nitrogen and oxygen atoms in total. The highest BCUT2D eigenvalue weighted by molar-refractivity contribution is 5.34. The Morgan fingerprint density at radius 3 is 2.20 bits per heavy atom. The molecule has 0 spiro atoms. The van der Waals surface area contributed by atoms with Crippen LogP contribution in [0, 0.1) is 0 Å². The largest absolute Gasteiger partial charge is 0.313 e. The van der Waals surface area contributed by atoms with E-state index in [4.69, 9.17) is 0 Å². The Morgan fingerprint density at radius 1 is 0.900 bits per heavy atom. The van der Waals surface area contributed by atoms with Gasteiger partial charge < -0.3 is 5.32 Å². The molecular formula is C19H25N. The average molecular weight is 267 g/mol. The van der Waals surface area contributed by atoms with Crippen LogP contribution in [0.5, 0.6) is 0 Å². The number of hydrogen-bond donors (Lipinski definition) is 1. The molecule has 0 aliphatic rings. The third-order valence-corrected chi connectivity index (χ3v) is 4.03. The lowest BCUT2D eigenvalue weighted by Crippen LogP contribution is -2.19. The van der Waals surface area contributed by atoms with Crippen LogP contribution in [0.25, 0.3) is 0 Å². The zero-order valence-electron chi connectivity index (χ0n) is 12.8. The van der Waals surface area contributed by atoms with Crippen molar-refractivity contribution in [3.63, 3.8) is 0 Å². The van der Waals surface area contributed by atoms with Gasteiger partial charge in [-0.25, -0.2) is 0 Å². The third kappa shape index (κ3) is 3.49. The van der Waals surface area contributed by atoms with Crippen LogP contribution in [0.15, 0.2) is 48.5 Å². The van der Waals surface area contributed by atoms with E-state index in [0.29, 0.717) is 6.04 Å². The van der Waals surface area contributed by atoms with Gasteiger partial charge >= 0.3 is 0 Å². The zero-order valence-corrected chi connectivity index (χ0v) is 12.8. The maximum absolute atomic E-state index is 3.46. The fourth-order valence-electron chi connectivity index (χ4n) is 2.77. The topological polar surface area (TPSA) is 12.0 Å². The number of benzene rings is 2. The van der Waals surface area contributed by atoms with Gasteiger partial charge in [-0.2, -0.15) is 0 Å². The van der Waals surface area contributed by atoms with E-state index in [0.717, 1.165) is 19.3 Å². The number of nitrogens with one attached hydrogen (secondary N) is 1. The monoisotopic (exact) mass is 267 g/mol. The summed E-state index contributed by atoms with van der Waals surface area (Å²) in [6.07, 6.45) is 3.26. The predicted octanol–water partition coefficient (Wildman–Crippen LogP) is 4.31. The molecule has 0 bridgehead atoms. The maximum Gasteiger partial charge on any atom is 0.0358 e. The number of aryl methyl sites for hydroxylation is 2. The van der Waals surface area contributed by atoms with Crippen molar-refractivity contribution < 1.29 is 0 Å². The van der Waals surface area contributed by atoms with Crippen LogP contribution >= 0.6 is 0 Å². The van der Waals surface area contributed by atoms with E-state index in [1.54, 1.807) is 0 Å². The molecule has 2 aromatic carbocycles. The molecule has 0 aliphatic heterocycles. The van der Waals surface area contributed by atoms with Gasteiger partial charge in [0.1, 0.15) is 0 Å². The fourth-order valence-corrected chi connectivity index (χ4v) is 2.77. The molecule has 0 saturated carbocycles. The summed E-state index contributed by atoms with van der Waals surface area (Å²) in [5.41, 5.74) is 5.74. The van der Waals surface area contributed by atoms with E-state index in [2.05, 4.69) is 67.7 Å². The van der Waals surface area contributed by atoms with Gasteiger partial charge in [0.2, 0.25) is 0 Å². The Bertz CT molecular complexity index is 531. The Balaban J connectivity index is 2.23. The molecule has 1 unspecified atom stereocenters. The van der Waals surface area contributed by atoms with Gasteiger partial charge in [0.15, 0.2) is 0 Å². The average Bonchev–Trinajstić information content (AvgIpc) is 2.53. The molecule has 20 heavy (non-hydrogen) atoms. The zero-order chi connectivity index (χ0) is 14.4. The molecule has 1 atom stereocenters. The van der Waals surface area contributed by atoms with Crippen molar-refractivity contribution in [2.75, 3.05) is 7.05 Å². The van der Waals surface area contributed by atoms with Crippen molar-refractivity contribution in [3.8, 4) is 0 Å². The Labute approximate surface area is 123 Å². The molecule has 2 rings (SSSR count). The molecule has 0 aliphatic carbocycles. The first-order valence-electron chi connectivity index (χ1n) is 7.61. The van der Waals surface area contributed by atoms with Gasteiger partial charge in [-0.15, -0.1) is 0 Å². The molecule has 1 heteroatoms. The lowest BCUT2D eigenvalue weighted by Gasteiger charge is -2.19. The highest BCUT2D eigenvalue weighted by Gasteiger charge is 2.11. The smallest absolute Gasteiger partial charge is 0.0358 e. The molecule has 2 aromatic rings. The van der Waals surface area contributed by atoms with Gasteiger partial charge in [0, 0.05) is 6.04 Å². The van der Waals surface area contributed by atoms with E-state index in [-0.39, 0.29) is 0 Å². The summed E-state index contributed by atoms with van der Waals surface area (Å²) in [6, 6.07) is 18.0. The first-order valence-corrected chi connectivity index (χ1v) is 7.61. The van der Waals surface area contributed by atoms with Crippen LogP contribution in [0.2, 0.25) is 0 Å². The van der Waals surface area contributed by atoms with Gasteiger partial charge in [0.25, 0.3) is 0 Å². The van der Waals surface area contributed by atoms with Crippen LogP contribution < -0.4 is 5.32 Å². The second-order valence-corrected chi connectivity index (χ2v) is 5.27. The van der Waals surface area contributed by atoms with Crippen LogP contribution in [-0.2, 0) is 19.3 Å². The summed E-state index contributed by atoms with van der Waals surface area (Å²) in [4.78, 5) is 0. The van der Waals surface area contributed by atoms with Crippen LogP contribution in [0.3, 0.4) is 0 Å². The standard InChI is InChI=1S/C19H25N/c1-4-16-11-12-18(14-17(16)5-2)19(20-3)13-15-9-7-6-8-10-15/h6-12,14,19-20H,4-5,13H2,1-3H3. The molecule has 0 heterocycles. The summed E-state index contributed by atoms with van der Waals surface area (Å²) in [7, 11) is 2.05. The van der Waals surface area contributed by atoms with E-state index in [1.807, 2.05) is 7.05 Å². The van der Waals surface area contributed by atoms with Gasteiger partial charge in [-0.05, 0) is 48.6 Å². The summed E-state index contributed by atoms with van der Waals surface area (Å²) >= 11 is 0. The van der Waals surface area contributed by atoms with Crippen LogP contribution in [0.4, 0.5) is 0 Å². The van der Waals surface area contributed by atoms with Gasteiger partial charge in [-0.1, -0.05) is 62.4 Å². The molecular weight excluding hydrogens is 242 g/mol. The minimum atomic E-state index is 0.383. The minimum Gasteiger partial charge on any atom is -0.313 e. The Morgan fingerprint density at radius 2 is 1.60 bits per heavy atom. The highest BCUT2D eigenvalue weighted by atomic mass is 14.9. The van der Waals surface area contributed by atoms with Crippen LogP contribution in [-0.4, -0.2) is 7.05 Å². The summed E-state index contributed by atoms with van der Waals surface area (Å²) < 4.78 is 0. The molecule has 106 valence electrons. The van der Waals surface area contributed by atoms with Crippen molar-refractivity contribution in [2.24, 2.45) is 0 Å². The second-order valence-electron chi connectivity index (χ2n) is 5.27. The van der Waals surface area contributed by atoms with E-state index < -0.39 is 0 Å². The predicted molar refractivity (Wildman–Crippen MR) is 87.1 cm³/mol. The Hall–Kier alpha value is -1.60. The minimum absolute atomic E-state index is 0.383. The lowest BCUT2D eigenvalue weighted by atomic mass is 9.93. The first-order chi connectivity index (χ1) is 9.78. The van der Waals surface area contributed by atoms with E-state index in [9.17, 15) is 0 Å². The molecule has 1 N–H and O–H groups in total. The molecule has 0 fully saturated rings. The summed E-state index contributed by atoms with van der Waals surface area (Å²) in [5.74, 6) is 0. The van der Waals surface area contributed by atoms with E-state index >= 15 is 0 Å². The molecule has 0 amide bonds. The SMILES string of the molecule is CCc1ccc(C(Cc2ccccc2)NC)cc1CC. The molecule has 0 aromatic heterocycles. The van der Waals surface area contributed by atoms with Crippen molar-refractivity contribution >= 4 is 0 Å². The highest BCUT2D eigenvalue weighted by Crippen LogP contribution is 2.22. The quantitative estimate of drug-likeness (QED) is 0.822. The van der Waals surface area contributed by atoms with Crippen molar-refractivity contribution in [3.05, 3.63) is 70.8 Å². The second kappa shape index (κ2) is 7.25. The lowest BCUT2D eigenvalue weighted by molar-refractivity contribution is 0.591. The normalized spacial score (nSPS) is 12.3. The van der Waals surface area contributed by atoms with Crippen molar-refractivity contribution in [1.82, 2.24) is 5.32 Å². The summed E-state index contributed by atoms with van der Waals surface area (Å²) in [5, 5.41) is 3.46. The van der Waals surface area contributed by atoms with Crippen LogP contribution in [0.1, 0.15) is 42.1 Å². The third-order valence-electron chi connectivity index (χ3n) is 4.03. The number of rotatable bonds is 6.